The number of thioether (sulfide) groups is 1. The highest BCUT2D eigenvalue weighted by Gasteiger charge is 2.08. The molecular formula is C16H18FNS. The summed E-state index contributed by atoms with van der Waals surface area (Å²) in [5, 5.41) is 0. The molecule has 1 nitrogen and oxygen atoms in total. The van der Waals surface area contributed by atoms with E-state index in [1.807, 2.05) is 0 Å². The maximum Gasteiger partial charge on any atom is 0.123 e. The van der Waals surface area contributed by atoms with Crippen LogP contribution >= 0.6 is 11.8 Å². The summed E-state index contributed by atoms with van der Waals surface area (Å²) < 4.78 is 12.8. The Balaban J connectivity index is 2.00. The second kappa shape index (κ2) is 6.22. The third-order valence-electron chi connectivity index (χ3n) is 2.92. The Labute approximate surface area is 118 Å². The van der Waals surface area contributed by atoms with Gasteiger partial charge in [0.05, 0.1) is 0 Å². The number of rotatable bonds is 4. The van der Waals surface area contributed by atoms with E-state index in [1.165, 1.54) is 23.3 Å². The van der Waals surface area contributed by atoms with Crippen molar-refractivity contribution in [2.24, 2.45) is 5.73 Å². The van der Waals surface area contributed by atoms with E-state index in [9.17, 15) is 4.39 Å². The summed E-state index contributed by atoms with van der Waals surface area (Å²) in [5.74, 6) is 0.581. The zero-order valence-corrected chi connectivity index (χ0v) is 12.0. The van der Waals surface area contributed by atoms with Gasteiger partial charge in [-0.2, -0.15) is 0 Å². The Morgan fingerprint density at radius 1 is 1.05 bits per heavy atom. The fourth-order valence-electron chi connectivity index (χ4n) is 2.04. The Morgan fingerprint density at radius 3 is 2.21 bits per heavy atom. The van der Waals surface area contributed by atoms with E-state index < -0.39 is 0 Å². The summed E-state index contributed by atoms with van der Waals surface area (Å²) >= 11 is 1.65. The molecule has 2 aromatic carbocycles. The first kappa shape index (κ1) is 14.1. The first-order valence-electron chi connectivity index (χ1n) is 6.27. The molecule has 1 atom stereocenters. The molecule has 0 saturated heterocycles. The van der Waals surface area contributed by atoms with E-state index in [2.05, 4.69) is 32.0 Å². The molecular weight excluding hydrogens is 257 g/mol. The standard InChI is InChI=1S/C16H18FNS/c1-11-7-12(2)9-13(8-11)16(18)10-19-15-5-3-14(17)4-6-15/h3-9,16H,10,18H2,1-2H3. The average molecular weight is 275 g/mol. The third-order valence-corrected chi connectivity index (χ3v) is 4.05. The van der Waals surface area contributed by atoms with Gasteiger partial charge in [-0.15, -0.1) is 11.8 Å². The molecule has 1 unspecified atom stereocenters. The van der Waals surface area contributed by atoms with Crippen LogP contribution in [0.3, 0.4) is 0 Å². The predicted octanol–water partition coefficient (Wildman–Crippen LogP) is 4.23. The molecule has 0 aliphatic heterocycles. The number of hydrogen-bond acceptors (Lipinski definition) is 2. The van der Waals surface area contributed by atoms with E-state index in [-0.39, 0.29) is 11.9 Å². The highest BCUT2D eigenvalue weighted by molar-refractivity contribution is 7.99. The summed E-state index contributed by atoms with van der Waals surface area (Å²) in [5.41, 5.74) is 9.84. The third kappa shape index (κ3) is 4.08. The van der Waals surface area contributed by atoms with E-state index in [1.54, 1.807) is 23.9 Å². The van der Waals surface area contributed by atoms with Crippen molar-refractivity contribution >= 4 is 11.8 Å². The van der Waals surface area contributed by atoms with Gasteiger partial charge in [0, 0.05) is 16.7 Å². The molecule has 3 heteroatoms. The van der Waals surface area contributed by atoms with Gasteiger partial charge in [-0.05, 0) is 43.7 Å². The van der Waals surface area contributed by atoms with Gasteiger partial charge in [0.2, 0.25) is 0 Å². The highest BCUT2D eigenvalue weighted by atomic mass is 32.2. The molecule has 0 fully saturated rings. The van der Waals surface area contributed by atoms with Crippen molar-refractivity contribution in [3.05, 3.63) is 65.0 Å². The van der Waals surface area contributed by atoms with Crippen molar-refractivity contribution in [1.82, 2.24) is 0 Å². The van der Waals surface area contributed by atoms with Crippen LogP contribution in [0.5, 0.6) is 0 Å². The Hall–Kier alpha value is -1.32. The monoisotopic (exact) mass is 275 g/mol. The SMILES string of the molecule is Cc1cc(C)cc(C(N)CSc2ccc(F)cc2)c1. The molecule has 0 spiro atoms. The molecule has 0 amide bonds. The molecule has 0 aromatic heterocycles. The summed E-state index contributed by atoms with van der Waals surface area (Å²) in [4.78, 5) is 1.04. The molecule has 0 bridgehead atoms. The van der Waals surface area contributed by atoms with Crippen molar-refractivity contribution in [3.63, 3.8) is 0 Å². The summed E-state index contributed by atoms with van der Waals surface area (Å²) in [6.07, 6.45) is 0. The molecule has 2 aromatic rings. The quantitative estimate of drug-likeness (QED) is 0.845. The van der Waals surface area contributed by atoms with Crippen LogP contribution in [-0.2, 0) is 0 Å². The predicted molar refractivity (Wildman–Crippen MR) is 80.0 cm³/mol. The van der Waals surface area contributed by atoms with Gasteiger partial charge in [-0.1, -0.05) is 29.3 Å². The van der Waals surface area contributed by atoms with E-state index >= 15 is 0 Å². The van der Waals surface area contributed by atoms with Crippen LogP contribution in [0.25, 0.3) is 0 Å². The summed E-state index contributed by atoms with van der Waals surface area (Å²) in [6.45, 7) is 4.16. The molecule has 2 N–H and O–H groups in total. The van der Waals surface area contributed by atoms with Crippen molar-refractivity contribution in [2.75, 3.05) is 5.75 Å². The number of hydrogen-bond donors (Lipinski definition) is 1. The molecule has 0 aliphatic rings. The largest absolute Gasteiger partial charge is 0.323 e. The molecule has 0 aliphatic carbocycles. The molecule has 0 heterocycles. The van der Waals surface area contributed by atoms with Gasteiger partial charge in [0.25, 0.3) is 0 Å². The lowest BCUT2D eigenvalue weighted by atomic mass is 10.0. The lowest BCUT2D eigenvalue weighted by molar-refractivity contribution is 0.626. The summed E-state index contributed by atoms with van der Waals surface area (Å²) in [7, 11) is 0. The number of nitrogens with two attached hydrogens (primary N) is 1. The maximum atomic E-state index is 12.8. The number of benzene rings is 2. The average Bonchev–Trinajstić information content (AvgIpc) is 2.36. The Kier molecular flexibility index (Phi) is 4.61. The van der Waals surface area contributed by atoms with Crippen molar-refractivity contribution < 1.29 is 4.39 Å². The van der Waals surface area contributed by atoms with Gasteiger partial charge >= 0.3 is 0 Å². The molecule has 0 radical (unpaired) electrons. The molecule has 2 rings (SSSR count). The lowest BCUT2D eigenvalue weighted by Crippen LogP contribution is -2.13. The van der Waals surface area contributed by atoms with Gasteiger partial charge in [-0.25, -0.2) is 4.39 Å². The van der Waals surface area contributed by atoms with Crippen LogP contribution < -0.4 is 5.73 Å². The maximum absolute atomic E-state index is 12.8. The van der Waals surface area contributed by atoms with Crippen LogP contribution in [0.2, 0.25) is 0 Å². The second-order valence-electron chi connectivity index (χ2n) is 4.79. The smallest absolute Gasteiger partial charge is 0.123 e. The second-order valence-corrected chi connectivity index (χ2v) is 5.89. The zero-order chi connectivity index (χ0) is 13.8. The van der Waals surface area contributed by atoms with E-state index in [0.29, 0.717) is 0 Å². The van der Waals surface area contributed by atoms with Gasteiger partial charge < -0.3 is 5.73 Å². The highest BCUT2D eigenvalue weighted by Crippen LogP contribution is 2.24. The first-order chi connectivity index (χ1) is 9.04. The van der Waals surface area contributed by atoms with Gasteiger partial charge in [0.15, 0.2) is 0 Å². The minimum absolute atomic E-state index is 0.00588. The molecule has 19 heavy (non-hydrogen) atoms. The van der Waals surface area contributed by atoms with Crippen LogP contribution in [0, 0.1) is 19.7 Å². The van der Waals surface area contributed by atoms with Crippen molar-refractivity contribution in [2.45, 2.75) is 24.8 Å². The number of aryl methyl sites for hydroxylation is 2. The summed E-state index contributed by atoms with van der Waals surface area (Å²) in [6, 6.07) is 12.9. The van der Waals surface area contributed by atoms with Crippen molar-refractivity contribution in [3.8, 4) is 0 Å². The van der Waals surface area contributed by atoms with Crippen molar-refractivity contribution in [1.29, 1.82) is 0 Å². The van der Waals surface area contributed by atoms with Crippen LogP contribution in [-0.4, -0.2) is 5.75 Å². The van der Waals surface area contributed by atoms with E-state index in [0.717, 1.165) is 16.2 Å². The fraction of sp³-hybridized carbons (Fsp3) is 0.250. The van der Waals surface area contributed by atoms with Crippen LogP contribution in [0.1, 0.15) is 22.7 Å². The molecule has 0 saturated carbocycles. The topological polar surface area (TPSA) is 26.0 Å². The van der Waals surface area contributed by atoms with Crippen LogP contribution in [0.15, 0.2) is 47.4 Å². The minimum atomic E-state index is -0.206. The zero-order valence-electron chi connectivity index (χ0n) is 11.2. The first-order valence-corrected chi connectivity index (χ1v) is 7.25. The fourth-order valence-corrected chi connectivity index (χ4v) is 2.93. The normalized spacial score (nSPS) is 12.4. The molecule has 100 valence electrons. The minimum Gasteiger partial charge on any atom is -0.323 e. The lowest BCUT2D eigenvalue weighted by Gasteiger charge is -2.13. The van der Waals surface area contributed by atoms with Crippen LogP contribution in [0.4, 0.5) is 4.39 Å². The van der Waals surface area contributed by atoms with Gasteiger partial charge in [-0.3, -0.25) is 0 Å². The van der Waals surface area contributed by atoms with E-state index in [4.69, 9.17) is 5.73 Å². The Bertz CT molecular complexity index is 531. The number of halogens is 1. The Morgan fingerprint density at radius 2 is 1.63 bits per heavy atom. The van der Waals surface area contributed by atoms with Gasteiger partial charge in [0.1, 0.15) is 5.82 Å².